The SMILES string of the molecule is C1=C(c2ccc3ccc4oc5ccccc5c4c3c2)CCC(N(c2ccccc2)c2ccc3ccccc3c2)=C1. The van der Waals surface area contributed by atoms with E-state index in [1.54, 1.807) is 0 Å². The molecule has 2 heteroatoms. The van der Waals surface area contributed by atoms with E-state index in [1.807, 2.05) is 6.07 Å². The molecule has 1 aliphatic rings. The molecule has 0 radical (unpaired) electrons. The van der Waals surface area contributed by atoms with Crippen LogP contribution in [0.2, 0.25) is 0 Å². The molecule has 0 bridgehead atoms. The highest BCUT2D eigenvalue weighted by molar-refractivity contribution is 6.19. The smallest absolute Gasteiger partial charge is 0.136 e. The minimum atomic E-state index is 0.939. The van der Waals surface area contributed by atoms with Crippen molar-refractivity contribution < 1.29 is 4.42 Å². The van der Waals surface area contributed by atoms with Crippen LogP contribution < -0.4 is 4.90 Å². The Morgan fingerprint density at radius 2 is 1.27 bits per heavy atom. The molecule has 0 amide bonds. The van der Waals surface area contributed by atoms with E-state index in [2.05, 4.69) is 138 Å². The zero-order valence-corrected chi connectivity index (χ0v) is 22.0. The zero-order chi connectivity index (χ0) is 26.5. The van der Waals surface area contributed by atoms with Gasteiger partial charge in [-0.1, -0.05) is 91.0 Å². The molecule has 0 saturated heterocycles. The van der Waals surface area contributed by atoms with Crippen LogP contribution in [0.3, 0.4) is 0 Å². The third-order valence-electron chi connectivity index (χ3n) is 8.15. The predicted molar refractivity (Wildman–Crippen MR) is 169 cm³/mol. The van der Waals surface area contributed by atoms with Gasteiger partial charge in [-0.25, -0.2) is 0 Å². The van der Waals surface area contributed by atoms with Crippen LogP contribution in [0.5, 0.6) is 0 Å². The van der Waals surface area contributed by atoms with Crippen LogP contribution in [0, 0.1) is 0 Å². The minimum absolute atomic E-state index is 0.939. The van der Waals surface area contributed by atoms with Gasteiger partial charge in [-0.15, -0.1) is 0 Å². The number of hydrogen-bond acceptors (Lipinski definition) is 2. The fourth-order valence-electron chi connectivity index (χ4n) is 6.17. The van der Waals surface area contributed by atoms with Crippen molar-refractivity contribution in [3.8, 4) is 0 Å². The first-order valence-electron chi connectivity index (χ1n) is 13.9. The molecule has 0 atom stereocenters. The Labute approximate surface area is 233 Å². The molecular formula is C38H27NO. The predicted octanol–water partition coefficient (Wildman–Crippen LogP) is 10.8. The lowest BCUT2D eigenvalue weighted by molar-refractivity contribution is 0.669. The van der Waals surface area contributed by atoms with Crippen LogP contribution in [0.1, 0.15) is 18.4 Å². The summed E-state index contributed by atoms with van der Waals surface area (Å²) in [6.45, 7) is 0. The van der Waals surface area contributed by atoms with E-state index in [1.165, 1.54) is 60.5 Å². The number of fused-ring (bicyclic) bond motifs is 6. The van der Waals surface area contributed by atoms with E-state index in [0.29, 0.717) is 0 Å². The number of rotatable bonds is 4. The Morgan fingerprint density at radius 1 is 0.500 bits per heavy atom. The molecule has 1 aromatic heterocycles. The van der Waals surface area contributed by atoms with Crippen LogP contribution in [0.4, 0.5) is 11.4 Å². The van der Waals surface area contributed by atoms with Gasteiger partial charge in [0.2, 0.25) is 0 Å². The van der Waals surface area contributed by atoms with E-state index < -0.39 is 0 Å². The van der Waals surface area contributed by atoms with Crippen LogP contribution in [0.15, 0.2) is 150 Å². The van der Waals surface area contributed by atoms with Crippen LogP contribution in [-0.2, 0) is 0 Å². The molecule has 0 N–H and O–H groups in total. The Morgan fingerprint density at radius 3 is 2.15 bits per heavy atom. The summed E-state index contributed by atoms with van der Waals surface area (Å²) in [6.07, 6.45) is 6.56. The van der Waals surface area contributed by atoms with Crippen molar-refractivity contribution >= 4 is 60.4 Å². The van der Waals surface area contributed by atoms with Crippen molar-refractivity contribution in [1.29, 1.82) is 0 Å². The van der Waals surface area contributed by atoms with Gasteiger partial charge in [0, 0.05) is 27.8 Å². The fourth-order valence-corrected chi connectivity index (χ4v) is 6.17. The highest BCUT2D eigenvalue weighted by Crippen LogP contribution is 2.39. The van der Waals surface area contributed by atoms with Crippen molar-refractivity contribution in [2.75, 3.05) is 4.90 Å². The number of nitrogens with zero attached hydrogens (tertiary/aromatic N) is 1. The number of allylic oxidation sites excluding steroid dienone is 4. The summed E-state index contributed by atoms with van der Waals surface area (Å²) in [5, 5.41) is 7.38. The van der Waals surface area contributed by atoms with Crippen molar-refractivity contribution in [3.05, 3.63) is 151 Å². The summed E-state index contributed by atoms with van der Waals surface area (Å²) in [4.78, 5) is 2.40. The van der Waals surface area contributed by atoms with Crippen LogP contribution in [-0.4, -0.2) is 0 Å². The van der Waals surface area contributed by atoms with Gasteiger partial charge < -0.3 is 9.32 Å². The molecule has 0 unspecified atom stereocenters. The summed E-state index contributed by atoms with van der Waals surface area (Å²) < 4.78 is 6.17. The second kappa shape index (κ2) is 9.29. The molecule has 40 heavy (non-hydrogen) atoms. The topological polar surface area (TPSA) is 16.4 Å². The van der Waals surface area contributed by atoms with Crippen LogP contribution in [0.25, 0.3) is 49.1 Å². The summed E-state index contributed by atoms with van der Waals surface area (Å²) in [7, 11) is 0. The summed E-state index contributed by atoms with van der Waals surface area (Å²) in [5.41, 5.74) is 8.19. The molecule has 6 aromatic carbocycles. The molecule has 8 rings (SSSR count). The largest absolute Gasteiger partial charge is 0.456 e. The molecule has 190 valence electrons. The highest BCUT2D eigenvalue weighted by atomic mass is 16.3. The quantitative estimate of drug-likeness (QED) is 0.233. The Bertz CT molecular complexity index is 2110. The zero-order valence-electron chi connectivity index (χ0n) is 22.0. The summed E-state index contributed by atoms with van der Waals surface area (Å²) in [6, 6.07) is 45.5. The first kappa shape index (κ1) is 22.9. The lowest BCUT2D eigenvalue weighted by atomic mass is 9.92. The molecule has 0 spiro atoms. The number of benzene rings is 6. The number of furan rings is 1. The van der Waals surface area contributed by atoms with Crippen molar-refractivity contribution in [2.24, 2.45) is 0 Å². The molecule has 7 aromatic rings. The Hall–Kier alpha value is -5.08. The number of anilines is 2. The van der Waals surface area contributed by atoms with Crippen molar-refractivity contribution in [1.82, 2.24) is 0 Å². The minimum Gasteiger partial charge on any atom is -0.456 e. The normalized spacial score (nSPS) is 13.6. The average Bonchev–Trinajstić information content (AvgIpc) is 3.41. The van der Waals surface area contributed by atoms with Crippen LogP contribution >= 0.6 is 0 Å². The second-order valence-corrected chi connectivity index (χ2v) is 10.5. The first-order chi connectivity index (χ1) is 19.8. The van der Waals surface area contributed by atoms with E-state index in [-0.39, 0.29) is 0 Å². The van der Waals surface area contributed by atoms with Gasteiger partial charge in [0.15, 0.2) is 0 Å². The summed E-state index contributed by atoms with van der Waals surface area (Å²) >= 11 is 0. The molecule has 2 nitrogen and oxygen atoms in total. The summed E-state index contributed by atoms with van der Waals surface area (Å²) in [5.74, 6) is 0. The second-order valence-electron chi connectivity index (χ2n) is 10.5. The van der Waals surface area contributed by atoms with Gasteiger partial charge in [0.1, 0.15) is 11.2 Å². The van der Waals surface area contributed by atoms with Crippen molar-refractivity contribution in [3.63, 3.8) is 0 Å². The van der Waals surface area contributed by atoms with E-state index in [0.717, 1.165) is 24.0 Å². The fraction of sp³-hybridized carbons (Fsp3) is 0.0526. The number of para-hydroxylation sites is 2. The third-order valence-corrected chi connectivity index (χ3v) is 8.15. The maximum atomic E-state index is 6.17. The number of hydrogen-bond donors (Lipinski definition) is 0. The lowest BCUT2D eigenvalue weighted by Crippen LogP contribution is -2.17. The first-order valence-corrected chi connectivity index (χ1v) is 13.9. The molecule has 0 aliphatic heterocycles. The van der Waals surface area contributed by atoms with Gasteiger partial charge in [-0.05, 0) is 94.1 Å². The average molecular weight is 514 g/mol. The van der Waals surface area contributed by atoms with Gasteiger partial charge in [-0.3, -0.25) is 0 Å². The molecule has 1 aliphatic carbocycles. The molecular weight excluding hydrogens is 486 g/mol. The third kappa shape index (κ3) is 3.80. The maximum Gasteiger partial charge on any atom is 0.136 e. The van der Waals surface area contributed by atoms with E-state index in [9.17, 15) is 0 Å². The molecule has 1 heterocycles. The lowest BCUT2D eigenvalue weighted by Gasteiger charge is -2.30. The van der Waals surface area contributed by atoms with E-state index in [4.69, 9.17) is 4.42 Å². The molecule has 0 saturated carbocycles. The van der Waals surface area contributed by atoms with Gasteiger partial charge >= 0.3 is 0 Å². The monoisotopic (exact) mass is 513 g/mol. The standard InChI is InChI=1S/C38H27NO/c1-2-10-31(11-3-1)39(33-22-18-26-8-4-5-9-29(26)24-33)32-20-16-27(17-21-32)30-15-14-28-19-23-37-38(35(28)25-30)34-12-6-7-13-36(34)40-37/h1-16,18-20,22-25H,17,21H2. The van der Waals surface area contributed by atoms with Gasteiger partial charge in [0.05, 0.1) is 0 Å². The Balaban J connectivity index is 1.22. The van der Waals surface area contributed by atoms with Crippen molar-refractivity contribution in [2.45, 2.75) is 12.8 Å². The highest BCUT2D eigenvalue weighted by Gasteiger charge is 2.19. The maximum absolute atomic E-state index is 6.17. The molecule has 0 fully saturated rings. The van der Waals surface area contributed by atoms with Gasteiger partial charge in [-0.2, -0.15) is 0 Å². The van der Waals surface area contributed by atoms with Gasteiger partial charge in [0.25, 0.3) is 0 Å². The van der Waals surface area contributed by atoms with E-state index >= 15 is 0 Å². The Kier molecular flexibility index (Phi) is 5.31.